The first kappa shape index (κ1) is 14.9. The highest BCUT2D eigenvalue weighted by Crippen LogP contribution is 2.17. The van der Waals surface area contributed by atoms with Crippen LogP contribution in [0.15, 0.2) is 18.5 Å². The van der Waals surface area contributed by atoms with Crippen LogP contribution in [0.25, 0.3) is 0 Å². The van der Waals surface area contributed by atoms with Gasteiger partial charge in [0.15, 0.2) is 0 Å². The van der Waals surface area contributed by atoms with Crippen LogP contribution >= 0.6 is 0 Å². The number of hydrogen-bond donors (Lipinski definition) is 1. The van der Waals surface area contributed by atoms with Gasteiger partial charge in [-0.05, 0) is 18.1 Å². The second-order valence-electron chi connectivity index (χ2n) is 4.81. The number of hydrogen-bond acceptors (Lipinski definition) is 4. The van der Waals surface area contributed by atoms with Crippen LogP contribution < -0.4 is 10.2 Å². The Hall–Kier alpha value is -1.13. The zero-order valence-electron chi connectivity index (χ0n) is 11.9. The number of aromatic nitrogens is 1. The molecule has 1 aromatic rings. The lowest BCUT2D eigenvalue weighted by Gasteiger charge is -2.22. The maximum absolute atomic E-state index is 5.08. The van der Waals surface area contributed by atoms with Crippen LogP contribution in [0.3, 0.4) is 0 Å². The first-order chi connectivity index (χ1) is 8.65. The van der Waals surface area contributed by atoms with Crippen molar-refractivity contribution >= 4 is 5.69 Å². The van der Waals surface area contributed by atoms with E-state index in [4.69, 9.17) is 4.74 Å². The smallest absolute Gasteiger partial charge is 0.0595 e. The third-order valence-electron chi connectivity index (χ3n) is 2.84. The molecule has 0 aliphatic heterocycles. The molecular weight excluding hydrogens is 226 g/mol. The highest BCUT2D eigenvalue weighted by Gasteiger charge is 2.07. The molecule has 0 saturated carbocycles. The molecule has 0 unspecified atom stereocenters. The molecule has 0 saturated heterocycles. The van der Waals surface area contributed by atoms with E-state index in [1.165, 1.54) is 11.3 Å². The van der Waals surface area contributed by atoms with E-state index in [9.17, 15) is 0 Å². The molecular formula is C14H25N3O. The van der Waals surface area contributed by atoms with E-state index in [1.807, 2.05) is 12.4 Å². The summed E-state index contributed by atoms with van der Waals surface area (Å²) in [5.74, 6) is 0. The van der Waals surface area contributed by atoms with E-state index in [0.717, 1.165) is 26.1 Å². The van der Waals surface area contributed by atoms with Crippen molar-refractivity contribution in [1.82, 2.24) is 10.3 Å². The van der Waals surface area contributed by atoms with Gasteiger partial charge < -0.3 is 15.0 Å². The van der Waals surface area contributed by atoms with Crippen LogP contribution in [-0.4, -0.2) is 38.3 Å². The molecule has 4 heteroatoms. The minimum atomic E-state index is 0.491. The molecule has 0 fully saturated rings. The van der Waals surface area contributed by atoms with Gasteiger partial charge >= 0.3 is 0 Å². The Labute approximate surface area is 110 Å². The number of rotatable bonds is 8. The van der Waals surface area contributed by atoms with E-state index in [0.29, 0.717) is 6.04 Å². The molecule has 0 aliphatic carbocycles. The Morgan fingerprint density at radius 1 is 1.44 bits per heavy atom. The van der Waals surface area contributed by atoms with Crippen molar-refractivity contribution in [2.45, 2.75) is 32.9 Å². The van der Waals surface area contributed by atoms with Gasteiger partial charge in [-0.2, -0.15) is 0 Å². The predicted molar refractivity (Wildman–Crippen MR) is 76.0 cm³/mol. The Bertz CT molecular complexity index is 342. The molecule has 0 aliphatic rings. The van der Waals surface area contributed by atoms with Crippen LogP contribution in [0, 0.1) is 0 Å². The fourth-order valence-corrected chi connectivity index (χ4v) is 1.79. The minimum Gasteiger partial charge on any atom is -0.385 e. The number of pyridine rings is 1. The molecule has 1 heterocycles. The molecule has 1 aromatic heterocycles. The van der Waals surface area contributed by atoms with Gasteiger partial charge in [0.25, 0.3) is 0 Å². The largest absolute Gasteiger partial charge is 0.385 e. The van der Waals surface area contributed by atoms with Crippen molar-refractivity contribution in [3.63, 3.8) is 0 Å². The number of nitrogens with one attached hydrogen (secondary N) is 1. The van der Waals surface area contributed by atoms with Gasteiger partial charge in [0.2, 0.25) is 0 Å². The predicted octanol–water partition coefficient (Wildman–Crippen LogP) is 2.05. The second-order valence-corrected chi connectivity index (χ2v) is 4.81. The summed E-state index contributed by atoms with van der Waals surface area (Å²) in [4.78, 5) is 6.46. The quantitative estimate of drug-likeness (QED) is 0.718. The molecule has 0 amide bonds. The minimum absolute atomic E-state index is 0.491. The van der Waals surface area contributed by atoms with Gasteiger partial charge in [-0.15, -0.1) is 0 Å². The zero-order chi connectivity index (χ0) is 13.4. The Morgan fingerprint density at radius 2 is 2.22 bits per heavy atom. The van der Waals surface area contributed by atoms with Crippen molar-refractivity contribution in [2.24, 2.45) is 0 Å². The number of anilines is 1. The van der Waals surface area contributed by atoms with Gasteiger partial charge in [0.1, 0.15) is 0 Å². The van der Waals surface area contributed by atoms with Crippen molar-refractivity contribution in [3.8, 4) is 0 Å². The van der Waals surface area contributed by atoms with Crippen LogP contribution in [-0.2, 0) is 11.3 Å². The van der Waals surface area contributed by atoms with Crippen molar-refractivity contribution in [3.05, 3.63) is 24.0 Å². The molecule has 0 aromatic carbocycles. The van der Waals surface area contributed by atoms with Crippen LogP contribution in [0.4, 0.5) is 5.69 Å². The molecule has 102 valence electrons. The average Bonchev–Trinajstić information content (AvgIpc) is 2.37. The van der Waals surface area contributed by atoms with Gasteiger partial charge in [-0.25, -0.2) is 0 Å². The molecule has 0 spiro atoms. The SMILES string of the molecule is COCCCN(C)c1cnccc1CNC(C)C. The highest BCUT2D eigenvalue weighted by atomic mass is 16.5. The van der Waals surface area contributed by atoms with Crippen LogP contribution in [0.2, 0.25) is 0 Å². The second kappa shape index (κ2) is 8.06. The zero-order valence-corrected chi connectivity index (χ0v) is 11.9. The van der Waals surface area contributed by atoms with E-state index in [-0.39, 0.29) is 0 Å². The van der Waals surface area contributed by atoms with Gasteiger partial charge in [-0.3, -0.25) is 4.98 Å². The highest BCUT2D eigenvalue weighted by molar-refractivity contribution is 5.50. The summed E-state index contributed by atoms with van der Waals surface area (Å²) in [5.41, 5.74) is 2.49. The Balaban J connectivity index is 2.62. The lowest BCUT2D eigenvalue weighted by Crippen LogP contribution is -2.25. The molecule has 4 nitrogen and oxygen atoms in total. The van der Waals surface area contributed by atoms with Crippen LogP contribution in [0.1, 0.15) is 25.8 Å². The van der Waals surface area contributed by atoms with E-state index < -0.39 is 0 Å². The fourth-order valence-electron chi connectivity index (χ4n) is 1.79. The summed E-state index contributed by atoms with van der Waals surface area (Å²) < 4.78 is 5.08. The Kier molecular flexibility index (Phi) is 6.68. The van der Waals surface area contributed by atoms with Gasteiger partial charge in [-0.1, -0.05) is 13.8 Å². The average molecular weight is 251 g/mol. The lowest BCUT2D eigenvalue weighted by molar-refractivity contribution is 0.196. The maximum Gasteiger partial charge on any atom is 0.0595 e. The Morgan fingerprint density at radius 3 is 2.89 bits per heavy atom. The molecule has 0 atom stereocenters. The normalized spacial score (nSPS) is 10.9. The van der Waals surface area contributed by atoms with Gasteiger partial charge in [0, 0.05) is 46.1 Å². The fraction of sp³-hybridized carbons (Fsp3) is 0.643. The van der Waals surface area contributed by atoms with Gasteiger partial charge in [0.05, 0.1) is 11.9 Å². The molecule has 0 bridgehead atoms. The van der Waals surface area contributed by atoms with E-state index in [1.54, 1.807) is 7.11 Å². The lowest BCUT2D eigenvalue weighted by atomic mass is 10.2. The number of nitrogens with zero attached hydrogens (tertiary/aromatic N) is 2. The van der Waals surface area contributed by atoms with Crippen molar-refractivity contribution in [2.75, 3.05) is 32.2 Å². The maximum atomic E-state index is 5.08. The number of ether oxygens (including phenoxy) is 1. The molecule has 1 N–H and O–H groups in total. The number of methoxy groups -OCH3 is 1. The standard InChI is InChI=1S/C14H25N3O/c1-12(2)16-10-13-6-7-15-11-14(13)17(3)8-5-9-18-4/h6-7,11-12,16H,5,8-10H2,1-4H3. The topological polar surface area (TPSA) is 37.4 Å². The summed E-state index contributed by atoms with van der Waals surface area (Å²) in [7, 11) is 3.84. The monoisotopic (exact) mass is 251 g/mol. The van der Waals surface area contributed by atoms with Crippen LogP contribution in [0.5, 0.6) is 0 Å². The third kappa shape index (κ3) is 5.02. The summed E-state index contributed by atoms with van der Waals surface area (Å²) in [5, 5.41) is 3.45. The van der Waals surface area contributed by atoms with E-state index in [2.05, 4.69) is 42.2 Å². The summed E-state index contributed by atoms with van der Waals surface area (Å²) in [6, 6.07) is 2.57. The first-order valence-corrected chi connectivity index (χ1v) is 6.51. The first-order valence-electron chi connectivity index (χ1n) is 6.51. The third-order valence-corrected chi connectivity index (χ3v) is 2.84. The molecule has 0 radical (unpaired) electrons. The van der Waals surface area contributed by atoms with Crippen molar-refractivity contribution in [1.29, 1.82) is 0 Å². The molecule has 1 rings (SSSR count). The van der Waals surface area contributed by atoms with E-state index >= 15 is 0 Å². The summed E-state index contributed by atoms with van der Waals surface area (Å²) >= 11 is 0. The van der Waals surface area contributed by atoms with Crippen molar-refractivity contribution < 1.29 is 4.74 Å². The summed E-state index contributed by atoms with van der Waals surface area (Å²) in [6.45, 7) is 6.97. The summed E-state index contributed by atoms with van der Waals surface area (Å²) in [6.07, 6.45) is 4.81. The molecule has 18 heavy (non-hydrogen) atoms.